The summed E-state index contributed by atoms with van der Waals surface area (Å²) in [5.74, 6) is -0.420. The molecule has 0 bridgehead atoms. The molecule has 1 saturated heterocycles. The van der Waals surface area contributed by atoms with Crippen molar-refractivity contribution in [3.05, 3.63) is 35.7 Å². The Morgan fingerprint density at radius 2 is 2.33 bits per heavy atom. The van der Waals surface area contributed by atoms with E-state index in [0.717, 1.165) is 19.4 Å². The maximum atomic E-state index is 13.8. The molecule has 0 aromatic carbocycles. The fraction of sp³-hybridized carbons (Fsp3) is 0.500. The van der Waals surface area contributed by atoms with Crippen molar-refractivity contribution in [2.75, 3.05) is 13.1 Å². The Balaban J connectivity index is 2.60. The van der Waals surface area contributed by atoms with Gasteiger partial charge in [-0.1, -0.05) is 18.7 Å². The molecule has 100 valence electrons. The predicted molar refractivity (Wildman–Crippen MR) is 71.8 cm³/mol. The minimum atomic E-state index is -0.354. The van der Waals surface area contributed by atoms with Crippen LogP contribution in [-0.4, -0.2) is 25.0 Å². The standard InChI is InChI=1S/C14H21FN2O/c1-4-6-11(13(15)10(2)3)9-17-14(18)12-7-5-8-16-12/h4,6,12,16H,2,5,7-9H2,1,3H3,(H,17,18)/b6-4-,13-11-. The zero-order valence-electron chi connectivity index (χ0n) is 11.1. The summed E-state index contributed by atoms with van der Waals surface area (Å²) in [5, 5.41) is 5.86. The first kappa shape index (κ1) is 14.6. The first-order valence-corrected chi connectivity index (χ1v) is 6.24. The molecule has 1 aliphatic heterocycles. The number of hydrogen-bond donors (Lipinski definition) is 2. The van der Waals surface area contributed by atoms with E-state index < -0.39 is 0 Å². The number of carbonyl (C=O) groups excluding carboxylic acids is 1. The molecule has 3 nitrogen and oxygen atoms in total. The van der Waals surface area contributed by atoms with Crippen LogP contribution in [0.15, 0.2) is 35.7 Å². The van der Waals surface area contributed by atoms with E-state index in [2.05, 4.69) is 17.2 Å². The number of amides is 1. The molecule has 1 atom stereocenters. The predicted octanol–water partition coefficient (Wildman–Crippen LogP) is 2.23. The van der Waals surface area contributed by atoms with Crippen LogP contribution in [0.5, 0.6) is 0 Å². The molecule has 0 aromatic heterocycles. The Morgan fingerprint density at radius 3 is 2.83 bits per heavy atom. The number of halogens is 1. The Hall–Kier alpha value is -1.42. The summed E-state index contributed by atoms with van der Waals surface area (Å²) in [5.41, 5.74) is 0.827. The van der Waals surface area contributed by atoms with Crippen molar-refractivity contribution in [2.24, 2.45) is 0 Å². The van der Waals surface area contributed by atoms with Crippen molar-refractivity contribution in [1.29, 1.82) is 0 Å². The Labute approximate surface area is 108 Å². The van der Waals surface area contributed by atoms with Gasteiger partial charge in [0.05, 0.1) is 6.04 Å². The third-order valence-corrected chi connectivity index (χ3v) is 2.85. The second-order valence-electron chi connectivity index (χ2n) is 4.49. The van der Waals surface area contributed by atoms with Gasteiger partial charge in [0, 0.05) is 12.1 Å². The monoisotopic (exact) mass is 252 g/mol. The van der Waals surface area contributed by atoms with Crippen molar-refractivity contribution in [3.63, 3.8) is 0 Å². The minimum Gasteiger partial charge on any atom is -0.351 e. The Morgan fingerprint density at radius 1 is 1.61 bits per heavy atom. The number of hydrogen-bond acceptors (Lipinski definition) is 2. The average Bonchev–Trinajstić information content (AvgIpc) is 2.86. The highest BCUT2D eigenvalue weighted by Crippen LogP contribution is 2.15. The van der Waals surface area contributed by atoms with Gasteiger partial charge in [0.25, 0.3) is 0 Å². The molecule has 0 spiro atoms. The number of nitrogens with one attached hydrogen (secondary N) is 2. The smallest absolute Gasteiger partial charge is 0.237 e. The van der Waals surface area contributed by atoms with Crippen LogP contribution < -0.4 is 10.6 Å². The summed E-state index contributed by atoms with van der Waals surface area (Å²) in [4.78, 5) is 11.8. The molecule has 1 fully saturated rings. The minimum absolute atomic E-state index is 0.0657. The van der Waals surface area contributed by atoms with Gasteiger partial charge in [-0.25, -0.2) is 4.39 Å². The highest BCUT2D eigenvalue weighted by molar-refractivity contribution is 5.82. The summed E-state index contributed by atoms with van der Waals surface area (Å²) >= 11 is 0. The Bertz CT molecular complexity index is 379. The lowest BCUT2D eigenvalue weighted by Crippen LogP contribution is -2.41. The first-order chi connectivity index (χ1) is 8.56. The van der Waals surface area contributed by atoms with Crippen LogP contribution in [0.2, 0.25) is 0 Å². The molecular weight excluding hydrogens is 231 g/mol. The maximum Gasteiger partial charge on any atom is 0.237 e. The lowest BCUT2D eigenvalue weighted by molar-refractivity contribution is -0.122. The van der Waals surface area contributed by atoms with Crippen LogP contribution in [0, 0.1) is 0 Å². The lowest BCUT2D eigenvalue weighted by Gasteiger charge is -2.12. The molecule has 0 radical (unpaired) electrons. The summed E-state index contributed by atoms with van der Waals surface area (Å²) in [7, 11) is 0. The molecule has 0 aliphatic carbocycles. The van der Waals surface area contributed by atoms with Gasteiger partial charge in [0.15, 0.2) is 0 Å². The van der Waals surface area contributed by atoms with Gasteiger partial charge in [0.2, 0.25) is 5.91 Å². The zero-order valence-corrected chi connectivity index (χ0v) is 11.1. The van der Waals surface area contributed by atoms with Crippen LogP contribution in [0.3, 0.4) is 0 Å². The summed E-state index contributed by atoms with van der Waals surface area (Å²) < 4.78 is 13.8. The first-order valence-electron chi connectivity index (χ1n) is 6.24. The molecule has 1 amide bonds. The van der Waals surface area contributed by atoms with E-state index in [4.69, 9.17) is 0 Å². The molecule has 18 heavy (non-hydrogen) atoms. The van der Waals surface area contributed by atoms with Crippen LogP contribution in [-0.2, 0) is 4.79 Å². The fourth-order valence-corrected chi connectivity index (χ4v) is 1.90. The highest BCUT2D eigenvalue weighted by atomic mass is 19.1. The topological polar surface area (TPSA) is 41.1 Å². The van der Waals surface area contributed by atoms with Crippen molar-refractivity contribution in [2.45, 2.75) is 32.7 Å². The molecule has 4 heteroatoms. The third-order valence-electron chi connectivity index (χ3n) is 2.85. The second kappa shape index (κ2) is 7.11. The van der Waals surface area contributed by atoms with E-state index in [9.17, 15) is 9.18 Å². The van der Waals surface area contributed by atoms with Gasteiger partial charge in [-0.15, -0.1) is 0 Å². The highest BCUT2D eigenvalue weighted by Gasteiger charge is 2.21. The van der Waals surface area contributed by atoms with E-state index >= 15 is 0 Å². The maximum absolute atomic E-state index is 13.8. The van der Waals surface area contributed by atoms with Gasteiger partial charge in [-0.3, -0.25) is 4.79 Å². The van der Waals surface area contributed by atoms with Crippen LogP contribution in [0.1, 0.15) is 26.7 Å². The molecular formula is C14H21FN2O. The van der Waals surface area contributed by atoms with E-state index in [0.29, 0.717) is 11.1 Å². The van der Waals surface area contributed by atoms with Crippen molar-refractivity contribution in [1.82, 2.24) is 10.6 Å². The average molecular weight is 252 g/mol. The largest absolute Gasteiger partial charge is 0.351 e. The van der Waals surface area contributed by atoms with Gasteiger partial charge in [0.1, 0.15) is 5.83 Å². The molecule has 1 rings (SSSR count). The van der Waals surface area contributed by atoms with E-state index in [1.54, 1.807) is 19.1 Å². The van der Waals surface area contributed by atoms with E-state index in [1.807, 2.05) is 6.92 Å². The Kier molecular flexibility index (Phi) is 5.78. The second-order valence-corrected chi connectivity index (χ2v) is 4.49. The number of rotatable bonds is 5. The molecule has 1 aliphatic rings. The fourth-order valence-electron chi connectivity index (χ4n) is 1.90. The van der Waals surface area contributed by atoms with Gasteiger partial charge in [-0.05, 0) is 38.8 Å². The van der Waals surface area contributed by atoms with Gasteiger partial charge < -0.3 is 10.6 Å². The molecule has 1 unspecified atom stereocenters. The zero-order chi connectivity index (χ0) is 13.5. The quantitative estimate of drug-likeness (QED) is 0.737. The van der Waals surface area contributed by atoms with Crippen molar-refractivity contribution in [3.8, 4) is 0 Å². The van der Waals surface area contributed by atoms with Crippen LogP contribution in [0.4, 0.5) is 4.39 Å². The summed E-state index contributed by atoms with van der Waals surface area (Å²) in [6.07, 6.45) is 5.26. The number of carbonyl (C=O) groups is 1. The van der Waals surface area contributed by atoms with Crippen LogP contribution in [0.25, 0.3) is 0 Å². The molecule has 0 aromatic rings. The molecule has 2 N–H and O–H groups in total. The van der Waals surface area contributed by atoms with Crippen molar-refractivity contribution < 1.29 is 9.18 Å². The van der Waals surface area contributed by atoms with E-state index in [1.165, 1.54) is 0 Å². The normalized spacial score (nSPS) is 20.9. The summed E-state index contributed by atoms with van der Waals surface area (Å²) in [6.45, 7) is 8.06. The van der Waals surface area contributed by atoms with Gasteiger partial charge in [-0.2, -0.15) is 0 Å². The van der Waals surface area contributed by atoms with Crippen molar-refractivity contribution >= 4 is 5.91 Å². The van der Waals surface area contributed by atoms with Gasteiger partial charge >= 0.3 is 0 Å². The van der Waals surface area contributed by atoms with Crippen LogP contribution >= 0.6 is 0 Å². The summed E-state index contributed by atoms with van der Waals surface area (Å²) in [6, 6.07) is -0.134. The number of allylic oxidation sites excluding steroid dienone is 3. The third kappa shape index (κ3) is 4.11. The molecule has 0 saturated carbocycles. The van der Waals surface area contributed by atoms with E-state index in [-0.39, 0.29) is 24.3 Å². The lowest BCUT2D eigenvalue weighted by atomic mass is 10.1. The molecule has 1 heterocycles. The SMILES string of the molecule is C=C(C)/C(F)=C(\C=C/C)CNC(=O)C1CCCN1.